The zero-order valence-corrected chi connectivity index (χ0v) is 8.39. The van der Waals surface area contributed by atoms with Gasteiger partial charge in [0.2, 0.25) is 0 Å². The van der Waals surface area contributed by atoms with Crippen LogP contribution in [0.5, 0.6) is 0 Å². The SMILES string of the molecule is Cn1c(=O)c2cc(C(=O)O)ccc2n1C. The Balaban J connectivity index is 2.89. The van der Waals surface area contributed by atoms with Gasteiger partial charge in [0.15, 0.2) is 0 Å². The Kier molecular flexibility index (Phi) is 1.89. The van der Waals surface area contributed by atoms with E-state index in [-0.39, 0.29) is 11.1 Å². The van der Waals surface area contributed by atoms with Crippen LogP contribution in [0.4, 0.5) is 0 Å². The molecule has 0 saturated heterocycles. The first-order valence-electron chi connectivity index (χ1n) is 4.41. The number of carboxylic acids is 1. The summed E-state index contributed by atoms with van der Waals surface area (Å²) in [5.41, 5.74) is 0.675. The fourth-order valence-corrected chi connectivity index (χ4v) is 1.59. The number of nitrogens with zero attached hydrogens (tertiary/aromatic N) is 2. The van der Waals surface area contributed by atoms with Crippen LogP contribution < -0.4 is 5.56 Å². The number of hydrogen-bond acceptors (Lipinski definition) is 2. The summed E-state index contributed by atoms with van der Waals surface area (Å²) >= 11 is 0. The van der Waals surface area contributed by atoms with Crippen molar-refractivity contribution < 1.29 is 9.90 Å². The lowest BCUT2D eigenvalue weighted by Crippen LogP contribution is -2.16. The monoisotopic (exact) mass is 206 g/mol. The topological polar surface area (TPSA) is 64.2 Å². The number of hydrogen-bond donors (Lipinski definition) is 1. The molecule has 1 aromatic carbocycles. The van der Waals surface area contributed by atoms with E-state index in [4.69, 9.17) is 5.11 Å². The molecule has 0 unspecified atom stereocenters. The minimum atomic E-state index is -1.03. The van der Waals surface area contributed by atoms with Crippen LogP contribution in [-0.2, 0) is 14.1 Å². The van der Waals surface area contributed by atoms with Crippen LogP contribution in [0.2, 0.25) is 0 Å². The van der Waals surface area contributed by atoms with Crippen LogP contribution in [0.3, 0.4) is 0 Å². The largest absolute Gasteiger partial charge is 0.478 e. The molecule has 0 atom stereocenters. The second-order valence-corrected chi connectivity index (χ2v) is 3.39. The Labute approximate surface area is 85.1 Å². The van der Waals surface area contributed by atoms with Crippen molar-refractivity contribution in [3.63, 3.8) is 0 Å². The first kappa shape index (κ1) is 9.51. The predicted molar refractivity (Wildman–Crippen MR) is 55.1 cm³/mol. The van der Waals surface area contributed by atoms with Gasteiger partial charge in [-0.15, -0.1) is 0 Å². The van der Waals surface area contributed by atoms with Gasteiger partial charge in [-0.2, -0.15) is 0 Å². The first-order valence-corrected chi connectivity index (χ1v) is 4.41. The van der Waals surface area contributed by atoms with Crippen LogP contribution >= 0.6 is 0 Å². The standard InChI is InChI=1S/C10H10N2O3/c1-11-8-4-3-6(10(14)15)5-7(8)9(13)12(11)2/h3-5H,1-2H3,(H,14,15). The molecule has 2 rings (SSSR count). The molecule has 0 aliphatic heterocycles. The molecule has 0 bridgehead atoms. The normalized spacial score (nSPS) is 10.8. The third kappa shape index (κ3) is 1.24. The van der Waals surface area contributed by atoms with Gasteiger partial charge in [-0.25, -0.2) is 4.79 Å². The van der Waals surface area contributed by atoms with Crippen LogP contribution in [-0.4, -0.2) is 20.4 Å². The average Bonchev–Trinajstić information content (AvgIpc) is 2.44. The molecule has 5 heteroatoms. The zero-order chi connectivity index (χ0) is 11.2. The Morgan fingerprint density at radius 2 is 1.93 bits per heavy atom. The third-order valence-electron chi connectivity index (χ3n) is 2.57. The fraction of sp³-hybridized carbons (Fsp3) is 0.200. The average molecular weight is 206 g/mol. The highest BCUT2D eigenvalue weighted by molar-refractivity contribution is 5.93. The number of carboxylic acid groups (broad SMARTS) is 1. The van der Waals surface area contributed by atoms with E-state index in [1.807, 2.05) is 0 Å². The molecule has 0 aliphatic rings. The van der Waals surface area contributed by atoms with Gasteiger partial charge in [-0.1, -0.05) is 0 Å². The van der Waals surface area contributed by atoms with Gasteiger partial charge in [0.1, 0.15) is 0 Å². The summed E-state index contributed by atoms with van der Waals surface area (Å²) in [6.45, 7) is 0. The van der Waals surface area contributed by atoms with E-state index in [1.54, 1.807) is 24.8 Å². The third-order valence-corrected chi connectivity index (χ3v) is 2.57. The maximum atomic E-state index is 11.7. The highest BCUT2D eigenvalue weighted by atomic mass is 16.4. The molecule has 0 saturated carbocycles. The highest BCUT2D eigenvalue weighted by Gasteiger charge is 2.10. The molecule has 0 amide bonds. The number of fused-ring (bicyclic) bond motifs is 1. The molecule has 1 heterocycles. The molecule has 0 aliphatic carbocycles. The molecule has 5 nitrogen and oxygen atoms in total. The summed E-state index contributed by atoms with van der Waals surface area (Å²) < 4.78 is 3.12. The van der Waals surface area contributed by atoms with Gasteiger partial charge in [0.05, 0.1) is 16.5 Å². The second kappa shape index (κ2) is 2.98. The molecule has 1 N–H and O–H groups in total. The Bertz CT molecular complexity index is 607. The Morgan fingerprint density at radius 3 is 2.53 bits per heavy atom. The van der Waals surface area contributed by atoms with Crippen molar-refractivity contribution in [3.8, 4) is 0 Å². The van der Waals surface area contributed by atoms with Gasteiger partial charge < -0.3 is 5.11 Å². The molecule has 0 radical (unpaired) electrons. The fourth-order valence-electron chi connectivity index (χ4n) is 1.59. The first-order chi connectivity index (χ1) is 7.02. The number of aromatic nitrogens is 2. The van der Waals surface area contributed by atoms with Gasteiger partial charge in [-0.3, -0.25) is 14.2 Å². The van der Waals surface area contributed by atoms with E-state index in [0.29, 0.717) is 5.39 Å². The molecular weight excluding hydrogens is 196 g/mol. The number of benzene rings is 1. The van der Waals surface area contributed by atoms with Crippen LogP contribution in [0.1, 0.15) is 10.4 Å². The smallest absolute Gasteiger partial charge is 0.335 e. The summed E-state index contributed by atoms with van der Waals surface area (Å²) in [5, 5.41) is 9.23. The van der Waals surface area contributed by atoms with Crippen molar-refractivity contribution in [3.05, 3.63) is 34.1 Å². The maximum absolute atomic E-state index is 11.7. The maximum Gasteiger partial charge on any atom is 0.335 e. The predicted octanol–water partition coefficient (Wildman–Crippen LogP) is 0.575. The van der Waals surface area contributed by atoms with Crippen molar-refractivity contribution in [2.24, 2.45) is 14.1 Å². The summed E-state index contributed by atoms with van der Waals surface area (Å²) in [5.74, 6) is -1.03. The van der Waals surface area contributed by atoms with Crippen LogP contribution in [0.15, 0.2) is 23.0 Å². The summed E-state index contributed by atoms with van der Waals surface area (Å²) in [7, 11) is 3.40. The highest BCUT2D eigenvalue weighted by Crippen LogP contribution is 2.12. The Morgan fingerprint density at radius 1 is 1.27 bits per heavy atom. The van der Waals surface area contributed by atoms with Crippen molar-refractivity contribution in [1.29, 1.82) is 0 Å². The van der Waals surface area contributed by atoms with Crippen molar-refractivity contribution in [2.75, 3.05) is 0 Å². The quantitative estimate of drug-likeness (QED) is 0.742. The summed E-state index contributed by atoms with van der Waals surface area (Å²) in [6, 6.07) is 4.53. The molecular formula is C10H10N2O3. The second-order valence-electron chi connectivity index (χ2n) is 3.39. The minimum Gasteiger partial charge on any atom is -0.478 e. The zero-order valence-electron chi connectivity index (χ0n) is 8.39. The van der Waals surface area contributed by atoms with E-state index in [0.717, 1.165) is 5.52 Å². The van der Waals surface area contributed by atoms with E-state index < -0.39 is 5.97 Å². The summed E-state index contributed by atoms with van der Waals surface area (Å²) in [4.78, 5) is 22.4. The van der Waals surface area contributed by atoms with Crippen molar-refractivity contribution >= 4 is 16.9 Å². The minimum absolute atomic E-state index is 0.130. The number of aromatic carboxylic acids is 1. The Hall–Kier alpha value is -2.04. The van der Waals surface area contributed by atoms with Crippen LogP contribution in [0, 0.1) is 0 Å². The number of rotatable bonds is 1. The van der Waals surface area contributed by atoms with Gasteiger partial charge in [-0.05, 0) is 18.2 Å². The number of aryl methyl sites for hydroxylation is 1. The lowest BCUT2D eigenvalue weighted by atomic mass is 10.1. The van der Waals surface area contributed by atoms with Crippen molar-refractivity contribution in [1.82, 2.24) is 9.36 Å². The van der Waals surface area contributed by atoms with E-state index in [1.165, 1.54) is 16.8 Å². The van der Waals surface area contributed by atoms with E-state index >= 15 is 0 Å². The molecule has 2 aromatic rings. The van der Waals surface area contributed by atoms with Crippen LogP contribution in [0.25, 0.3) is 10.9 Å². The number of carbonyl (C=O) groups is 1. The van der Waals surface area contributed by atoms with Gasteiger partial charge >= 0.3 is 5.97 Å². The van der Waals surface area contributed by atoms with E-state index in [9.17, 15) is 9.59 Å². The molecule has 0 fully saturated rings. The lowest BCUT2D eigenvalue weighted by molar-refractivity contribution is 0.0697. The van der Waals surface area contributed by atoms with E-state index in [2.05, 4.69) is 0 Å². The summed E-state index contributed by atoms with van der Waals surface area (Å²) in [6.07, 6.45) is 0. The van der Waals surface area contributed by atoms with Gasteiger partial charge in [0.25, 0.3) is 5.56 Å². The van der Waals surface area contributed by atoms with Gasteiger partial charge in [0, 0.05) is 14.1 Å². The lowest BCUT2D eigenvalue weighted by Gasteiger charge is -1.99. The molecule has 15 heavy (non-hydrogen) atoms. The molecule has 78 valence electrons. The molecule has 1 aromatic heterocycles. The molecule has 0 spiro atoms. The van der Waals surface area contributed by atoms with Crippen molar-refractivity contribution in [2.45, 2.75) is 0 Å².